The van der Waals surface area contributed by atoms with Crippen LogP contribution in [0.2, 0.25) is 0 Å². The maximum absolute atomic E-state index is 12.6. The Morgan fingerprint density at radius 1 is 1.20 bits per heavy atom. The van der Waals surface area contributed by atoms with Gasteiger partial charge in [-0.2, -0.15) is 0 Å². The molecule has 1 aromatic heterocycles. The van der Waals surface area contributed by atoms with Crippen LogP contribution < -0.4 is 0 Å². The van der Waals surface area contributed by atoms with Crippen LogP contribution in [0.25, 0.3) is 5.57 Å². The van der Waals surface area contributed by atoms with Crippen LogP contribution in [0.5, 0.6) is 0 Å². The molecule has 1 amide bonds. The van der Waals surface area contributed by atoms with Gasteiger partial charge in [0.2, 0.25) is 0 Å². The lowest BCUT2D eigenvalue weighted by Crippen LogP contribution is -2.56. The van der Waals surface area contributed by atoms with Crippen molar-refractivity contribution in [3.8, 4) is 0 Å². The third kappa shape index (κ3) is 3.42. The molecule has 2 aliphatic heterocycles. The Hall–Kier alpha value is -2.66. The molecule has 1 aromatic carbocycles. The molecule has 2 atom stereocenters. The summed E-state index contributed by atoms with van der Waals surface area (Å²) in [6.07, 6.45) is 6.22. The Morgan fingerprint density at radius 3 is 2.84 bits per heavy atom. The standard InChI is InChI=1S/C20H20N2O3/c23-20(25-12-15-5-2-1-3-6-15)22-18-9-17(10-19(22)14-24-13-18)16-7-4-8-21-11-16/h1-9,11,18-19H,10,12-14H2. The molecule has 2 bridgehead atoms. The Bertz CT molecular complexity index is 761. The minimum absolute atomic E-state index is 0.00206. The third-order valence-electron chi connectivity index (χ3n) is 4.65. The van der Waals surface area contributed by atoms with E-state index in [9.17, 15) is 4.79 Å². The average Bonchev–Trinajstić information content (AvgIpc) is 2.66. The van der Waals surface area contributed by atoms with Gasteiger partial charge < -0.3 is 9.47 Å². The van der Waals surface area contributed by atoms with Crippen molar-refractivity contribution in [3.05, 3.63) is 72.1 Å². The number of fused-ring (bicyclic) bond motifs is 2. The van der Waals surface area contributed by atoms with Gasteiger partial charge in [0.05, 0.1) is 25.3 Å². The summed E-state index contributed by atoms with van der Waals surface area (Å²) in [5.41, 5.74) is 3.32. The van der Waals surface area contributed by atoms with Crippen molar-refractivity contribution in [3.63, 3.8) is 0 Å². The van der Waals surface area contributed by atoms with Crippen LogP contribution in [0.15, 0.2) is 60.9 Å². The number of ether oxygens (including phenoxy) is 2. The van der Waals surface area contributed by atoms with E-state index in [0.717, 1.165) is 17.5 Å². The van der Waals surface area contributed by atoms with E-state index in [0.29, 0.717) is 13.2 Å². The topological polar surface area (TPSA) is 51.7 Å². The van der Waals surface area contributed by atoms with Gasteiger partial charge in [0.15, 0.2) is 0 Å². The number of rotatable bonds is 3. The molecule has 2 aliphatic rings. The monoisotopic (exact) mass is 336 g/mol. The van der Waals surface area contributed by atoms with Gasteiger partial charge in [-0.05, 0) is 29.2 Å². The highest BCUT2D eigenvalue weighted by Gasteiger charge is 2.39. The zero-order valence-electron chi connectivity index (χ0n) is 13.9. The van der Waals surface area contributed by atoms with Gasteiger partial charge in [-0.15, -0.1) is 0 Å². The van der Waals surface area contributed by atoms with E-state index in [2.05, 4.69) is 17.1 Å². The van der Waals surface area contributed by atoms with Crippen LogP contribution in [0, 0.1) is 0 Å². The quantitative estimate of drug-likeness (QED) is 0.863. The third-order valence-corrected chi connectivity index (χ3v) is 4.65. The van der Waals surface area contributed by atoms with E-state index in [4.69, 9.17) is 9.47 Å². The van der Waals surface area contributed by atoms with Gasteiger partial charge in [0.1, 0.15) is 6.61 Å². The van der Waals surface area contributed by atoms with Gasteiger partial charge >= 0.3 is 6.09 Å². The van der Waals surface area contributed by atoms with Crippen molar-refractivity contribution >= 4 is 11.7 Å². The first kappa shape index (κ1) is 15.8. The zero-order chi connectivity index (χ0) is 17.1. The Labute approximate surface area is 146 Å². The lowest BCUT2D eigenvalue weighted by atomic mass is 9.91. The molecule has 0 spiro atoms. The molecule has 0 saturated carbocycles. The molecule has 0 radical (unpaired) electrons. The molecule has 1 saturated heterocycles. The predicted molar refractivity (Wildman–Crippen MR) is 93.7 cm³/mol. The second-order valence-corrected chi connectivity index (χ2v) is 6.34. The molecular weight excluding hydrogens is 316 g/mol. The minimum atomic E-state index is -0.274. The maximum Gasteiger partial charge on any atom is 0.411 e. The van der Waals surface area contributed by atoms with Gasteiger partial charge in [-0.25, -0.2) is 4.79 Å². The summed E-state index contributed by atoms with van der Waals surface area (Å²) in [4.78, 5) is 18.7. The van der Waals surface area contributed by atoms with Crippen LogP contribution in [-0.4, -0.2) is 41.3 Å². The van der Waals surface area contributed by atoms with Crippen LogP contribution in [0.3, 0.4) is 0 Å². The molecule has 4 rings (SSSR count). The summed E-state index contributed by atoms with van der Waals surface area (Å²) in [7, 11) is 0. The van der Waals surface area contributed by atoms with Crippen molar-refractivity contribution in [1.29, 1.82) is 0 Å². The summed E-state index contributed by atoms with van der Waals surface area (Å²) in [6.45, 7) is 1.32. The molecule has 25 heavy (non-hydrogen) atoms. The second kappa shape index (κ2) is 7.07. The number of amides is 1. The summed E-state index contributed by atoms with van der Waals surface area (Å²) in [5.74, 6) is 0. The number of aromatic nitrogens is 1. The van der Waals surface area contributed by atoms with E-state index < -0.39 is 0 Å². The number of carbonyl (C=O) groups excluding carboxylic acids is 1. The van der Waals surface area contributed by atoms with Crippen molar-refractivity contribution in [1.82, 2.24) is 9.88 Å². The molecule has 0 N–H and O–H groups in total. The minimum Gasteiger partial charge on any atom is -0.445 e. The van der Waals surface area contributed by atoms with Gasteiger partial charge in [-0.3, -0.25) is 9.88 Å². The molecule has 128 valence electrons. The van der Waals surface area contributed by atoms with E-state index in [1.165, 1.54) is 5.57 Å². The highest BCUT2D eigenvalue weighted by Crippen LogP contribution is 2.32. The lowest BCUT2D eigenvalue weighted by Gasteiger charge is -2.43. The van der Waals surface area contributed by atoms with Crippen molar-refractivity contribution in [2.24, 2.45) is 0 Å². The average molecular weight is 336 g/mol. The van der Waals surface area contributed by atoms with Crippen molar-refractivity contribution in [2.75, 3.05) is 13.2 Å². The Kier molecular flexibility index (Phi) is 4.48. The summed E-state index contributed by atoms with van der Waals surface area (Å²) >= 11 is 0. The second-order valence-electron chi connectivity index (χ2n) is 6.34. The highest BCUT2D eigenvalue weighted by molar-refractivity contribution is 5.74. The van der Waals surface area contributed by atoms with Crippen LogP contribution in [0.4, 0.5) is 4.79 Å². The van der Waals surface area contributed by atoms with E-state index >= 15 is 0 Å². The largest absolute Gasteiger partial charge is 0.445 e. The SMILES string of the molecule is O=C(OCc1ccccc1)N1C2C=C(c3cccnc3)CC1COC2. The molecular formula is C20H20N2O3. The number of morpholine rings is 1. The number of pyridine rings is 1. The van der Waals surface area contributed by atoms with E-state index in [1.54, 1.807) is 6.20 Å². The van der Waals surface area contributed by atoms with Gasteiger partial charge in [0, 0.05) is 12.4 Å². The number of hydrogen-bond acceptors (Lipinski definition) is 4. The zero-order valence-corrected chi connectivity index (χ0v) is 13.9. The van der Waals surface area contributed by atoms with Crippen molar-refractivity contribution in [2.45, 2.75) is 25.1 Å². The Balaban J connectivity index is 1.49. The first-order valence-corrected chi connectivity index (χ1v) is 8.49. The molecule has 0 aliphatic carbocycles. The molecule has 1 fully saturated rings. The Morgan fingerprint density at radius 2 is 2.08 bits per heavy atom. The molecule has 5 heteroatoms. The molecule has 2 unspecified atom stereocenters. The lowest BCUT2D eigenvalue weighted by molar-refractivity contribution is -0.0342. The fourth-order valence-corrected chi connectivity index (χ4v) is 3.44. The fourth-order valence-electron chi connectivity index (χ4n) is 3.44. The number of carbonyl (C=O) groups is 1. The summed E-state index contributed by atoms with van der Waals surface area (Å²) < 4.78 is 11.2. The van der Waals surface area contributed by atoms with Crippen LogP contribution in [0.1, 0.15) is 17.5 Å². The smallest absolute Gasteiger partial charge is 0.411 e. The molecule has 2 aromatic rings. The normalized spacial score (nSPS) is 22.2. The van der Waals surface area contributed by atoms with Crippen molar-refractivity contribution < 1.29 is 14.3 Å². The van der Waals surface area contributed by atoms with E-state index in [1.807, 2.05) is 47.5 Å². The summed E-state index contributed by atoms with van der Waals surface area (Å²) in [6, 6.07) is 13.6. The maximum atomic E-state index is 12.6. The highest BCUT2D eigenvalue weighted by atomic mass is 16.6. The summed E-state index contributed by atoms with van der Waals surface area (Å²) in [5, 5.41) is 0. The fraction of sp³-hybridized carbons (Fsp3) is 0.300. The number of hydrogen-bond donors (Lipinski definition) is 0. The number of benzene rings is 1. The van der Waals surface area contributed by atoms with Gasteiger partial charge in [-0.1, -0.05) is 42.5 Å². The van der Waals surface area contributed by atoms with Crippen LogP contribution in [-0.2, 0) is 16.1 Å². The first-order chi connectivity index (χ1) is 12.3. The van der Waals surface area contributed by atoms with Crippen LogP contribution >= 0.6 is 0 Å². The first-order valence-electron chi connectivity index (χ1n) is 8.49. The van der Waals surface area contributed by atoms with E-state index in [-0.39, 0.29) is 24.8 Å². The molecule has 5 nitrogen and oxygen atoms in total. The van der Waals surface area contributed by atoms with Gasteiger partial charge in [0.25, 0.3) is 0 Å². The number of nitrogens with zero attached hydrogens (tertiary/aromatic N) is 2. The predicted octanol–water partition coefficient (Wildman–Crippen LogP) is 3.27. The molecule has 3 heterocycles.